The molecular weight excluding hydrogens is 1970 g/mol. The molecule has 0 radical (unpaired) electrons. The van der Waals surface area contributed by atoms with E-state index >= 15 is 0 Å². The van der Waals surface area contributed by atoms with Gasteiger partial charge in [-0.1, -0.05) is 112 Å². The number of nitrogens with zero attached hydrogens (tertiary/aromatic N) is 8. The van der Waals surface area contributed by atoms with Crippen LogP contribution in [0.25, 0.3) is 53.7 Å². The molecule has 0 aliphatic rings. The number of aryl methyl sites for hydroxylation is 4. The molecule has 0 saturated carbocycles. The molecule has 139 heavy (non-hydrogen) atoms. The number of aromatic nitrogens is 6. The molecule has 5 heterocycles. The predicted molar refractivity (Wildman–Crippen MR) is 467 cm³/mol. The molecule has 0 spiro atoms. The number of nitrogens with two attached hydrogens (primary N) is 1. The molecular formula is C93H77F25N10O7S4. The second-order valence-electron chi connectivity index (χ2n) is 29.7. The Bertz CT molecular complexity index is 6420. The number of amidine groups is 1. The molecule has 0 fully saturated rings. The van der Waals surface area contributed by atoms with Gasteiger partial charge in [0.1, 0.15) is 62.9 Å². The summed E-state index contributed by atoms with van der Waals surface area (Å²) in [7, 11) is 0. The SMILES string of the molecule is CCCCc1nc(-c2ccc(C(F)(F)F)cc2)sc1CO.CCCCc1nc(-c2ccc(C(F)(F)F)cc2)sc1COc1ccc(-c2noc(=O)[nH]2)c(C(F)(F)F)c1.CCCCc1nc(-c2ccc(C(F)(F)F)cc2)sc1COc1ccc(C#N)c(C(F)(F)F)c1.CCCCc1nc(-c2ccc(C(F)(F)F)cc2)sc1COc1ccc(C(N)=NO)c(C(F)(F)F)c1.N#Cc1ccc(F)cc1C(F)(F)F. The van der Waals surface area contributed by atoms with Gasteiger partial charge in [0.05, 0.1) is 117 Å². The van der Waals surface area contributed by atoms with Gasteiger partial charge in [-0.3, -0.25) is 9.51 Å². The second-order valence-corrected chi connectivity index (χ2v) is 34.1. The number of hydrogen-bond acceptors (Lipinski definition) is 19. The molecule has 0 aliphatic heterocycles. The van der Waals surface area contributed by atoms with Crippen LogP contribution in [-0.4, -0.2) is 46.2 Å². The average Bonchev–Trinajstić information content (AvgIpc) is 1.63. The minimum atomic E-state index is -4.77. The summed E-state index contributed by atoms with van der Waals surface area (Å²) < 4.78 is 344. The third-order valence-electron chi connectivity index (χ3n) is 19.8. The van der Waals surface area contributed by atoms with Gasteiger partial charge in [0, 0.05) is 33.4 Å². The van der Waals surface area contributed by atoms with E-state index in [0.717, 1.165) is 165 Å². The molecule has 0 unspecified atom stereocenters. The molecule has 17 nitrogen and oxygen atoms in total. The number of hydrogen-bond donors (Lipinski definition) is 4. The van der Waals surface area contributed by atoms with Gasteiger partial charge < -0.3 is 30.3 Å². The lowest BCUT2D eigenvalue weighted by Crippen LogP contribution is -2.20. The highest BCUT2D eigenvalue weighted by Crippen LogP contribution is 2.45. The van der Waals surface area contributed by atoms with Crippen molar-refractivity contribution in [1.82, 2.24) is 30.1 Å². The molecule has 0 atom stereocenters. The summed E-state index contributed by atoms with van der Waals surface area (Å²) in [5, 5.41) is 43.4. The van der Waals surface area contributed by atoms with Gasteiger partial charge in [-0.25, -0.2) is 29.1 Å². The number of ether oxygens (including phenoxy) is 3. The van der Waals surface area contributed by atoms with Crippen molar-refractivity contribution in [3.05, 3.63) is 290 Å². The summed E-state index contributed by atoms with van der Waals surface area (Å²) in [6.07, 6.45) is -27.0. The zero-order valence-corrected chi connectivity index (χ0v) is 75.9. The van der Waals surface area contributed by atoms with Crippen molar-refractivity contribution < 1.29 is 139 Å². The highest BCUT2D eigenvalue weighted by atomic mass is 32.1. The van der Waals surface area contributed by atoms with E-state index < -0.39 is 128 Å². The van der Waals surface area contributed by atoms with E-state index in [0.29, 0.717) is 99.3 Å². The maximum Gasteiger partial charge on any atom is 0.439 e. The van der Waals surface area contributed by atoms with Gasteiger partial charge in [0.15, 0.2) is 11.7 Å². The van der Waals surface area contributed by atoms with E-state index in [9.17, 15) is 120 Å². The van der Waals surface area contributed by atoms with Crippen LogP contribution >= 0.6 is 45.3 Å². The number of H-pyrrole nitrogens is 1. The first kappa shape index (κ1) is 110. The molecule has 46 heteroatoms. The van der Waals surface area contributed by atoms with E-state index in [1.54, 1.807) is 0 Å². The Morgan fingerprint density at radius 1 is 0.403 bits per heavy atom. The summed E-state index contributed by atoms with van der Waals surface area (Å²) in [5.41, 5.74) is 0.950. The van der Waals surface area contributed by atoms with Crippen LogP contribution < -0.4 is 25.7 Å². The van der Waals surface area contributed by atoms with Gasteiger partial charge in [0.25, 0.3) is 0 Å². The number of alkyl halides is 24. The van der Waals surface area contributed by atoms with E-state index in [2.05, 4.69) is 46.7 Å². The lowest BCUT2D eigenvalue weighted by molar-refractivity contribution is -0.138. The number of nitrogens with one attached hydrogen (secondary N) is 1. The van der Waals surface area contributed by atoms with Crippen LogP contribution in [0.4, 0.5) is 110 Å². The maximum atomic E-state index is 13.7. The van der Waals surface area contributed by atoms with Crippen LogP contribution in [0.5, 0.6) is 17.2 Å². The number of aliphatic hydroxyl groups is 1. The molecule has 13 rings (SSSR count). The van der Waals surface area contributed by atoms with E-state index in [-0.39, 0.29) is 55.1 Å². The van der Waals surface area contributed by atoms with Crippen molar-refractivity contribution in [1.29, 1.82) is 10.5 Å². The minimum absolute atomic E-state index is 0.0488. The number of nitriles is 2. The molecule has 13 aromatic rings. The van der Waals surface area contributed by atoms with E-state index in [1.807, 2.05) is 20.8 Å². The number of aromatic amines is 1. The summed E-state index contributed by atoms with van der Waals surface area (Å²) in [4.78, 5) is 34.2. The van der Waals surface area contributed by atoms with Crippen molar-refractivity contribution in [2.75, 3.05) is 0 Å². The average molecular weight is 2050 g/mol. The fourth-order valence-electron chi connectivity index (χ4n) is 12.6. The third-order valence-corrected chi connectivity index (χ3v) is 24.3. The number of thiazole rings is 4. The van der Waals surface area contributed by atoms with E-state index in [1.165, 1.54) is 124 Å². The Labute approximate surface area is 790 Å². The lowest BCUT2D eigenvalue weighted by atomic mass is 10.1. The first-order chi connectivity index (χ1) is 65.3. The second kappa shape index (κ2) is 47.6. The molecule has 8 aromatic carbocycles. The standard InChI is InChI=1S/C24H19F6N3O3S.C23H21F6N3O2S.C23H18F6N2OS.C15H16F3NOS.C8H3F4N/c1-2-3-4-18-19(37-21(31-18)13-5-7-14(8-6-13)23(25,26)27)12-35-15-9-10-16(17(11-15)24(28,29)30)20-32-22(34)36-33-20;1-2-3-4-18-19(35-21(31-18)13-5-7-14(8-6-13)22(24,25)26)12-34-15-9-10-16(20(30)32-33)17(11-15)23(27,28)29;1-2-3-4-19-20(13-32-17-10-7-15(12-30)18(11-17)23(27,28)29)33-21(31-19)14-5-8-16(9-6-14)22(24,25)26;1-2-3-4-12-13(9-20)21-14(19-12)10-5-7-11(8-6-10)15(16,17)18;9-6-2-1-5(4-13)7(3-6)8(10,11)12/h5-11H,2-4,12H2,1H3,(H,32,33,34);5-11,33H,2-4,12H2,1H3,(H2,30,32);5-11H,2-4,13H2,1H3;5-8,20H,2-4,9H2,1H3;1-3H. The topological polar surface area (TPSA) is 265 Å². The fraction of sp³-hybridized carbons (Fsp3) is 0.301. The van der Waals surface area contributed by atoms with Crippen molar-refractivity contribution in [2.45, 2.75) is 181 Å². The lowest BCUT2D eigenvalue weighted by Gasteiger charge is -2.14. The highest BCUT2D eigenvalue weighted by molar-refractivity contribution is 7.16. The Morgan fingerprint density at radius 3 is 0.993 bits per heavy atom. The Hall–Kier alpha value is -12.9. The normalized spacial score (nSPS) is 12.1. The largest absolute Gasteiger partial charge is 0.488 e. The maximum absolute atomic E-state index is 13.7. The smallest absolute Gasteiger partial charge is 0.439 e. The summed E-state index contributed by atoms with van der Waals surface area (Å²) in [6, 6.07) is 33.0. The van der Waals surface area contributed by atoms with Crippen LogP contribution in [0.3, 0.4) is 0 Å². The zero-order valence-electron chi connectivity index (χ0n) is 72.7. The van der Waals surface area contributed by atoms with Gasteiger partial charge in [-0.05, 0) is 173 Å². The number of benzene rings is 8. The quantitative estimate of drug-likeness (QED) is 0.0117. The number of oxime groups is 1. The van der Waals surface area contributed by atoms with Gasteiger partial charge in [0.2, 0.25) is 0 Å². The summed E-state index contributed by atoms with van der Waals surface area (Å²) in [5.74, 6) is -3.26. The number of aliphatic hydroxyl groups excluding tert-OH is 1. The van der Waals surface area contributed by atoms with Crippen molar-refractivity contribution in [3.8, 4) is 83.1 Å². The number of halogens is 25. The Balaban J connectivity index is 0.000000201. The Morgan fingerprint density at radius 2 is 0.698 bits per heavy atom. The van der Waals surface area contributed by atoms with Crippen molar-refractivity contribution in [3.63, 3.8) is 0 Å². The van der Waals surface area contributed by atoms with Gasteiger partial charge in [-0.2, -0.15) is 116 Å². The van der Waals surface area contributed by atoms with Crippen molar-refractivity contribution >= 4 is 51.2 Å². The monoisotopic (exact) mass is 2050 g/mol. The molecule has 740 valence electrons. The first-order valence-corrected chi connectivity index (χ1v) is 44.6. The molecule has 0 amide bonds. The van der Waals surface area contributed by atoms with E-state index in [4.69, 9.17) is 35.7 Å². The number of unbranched alkanes of at least 4 members (excludes halogenated alkanes) is 4. The van der Waals surface area contributed by atoms with Gasteiger partial charge >= 0.3 is 55.2 Å². The van der Waals surface area contributed by atoms with Crippen molar-refractivity contribution in [2.24, 2.45) is 10.9 Å². The number of rotatable bonds is 28. The Kier molecular flexibility index (Phi) is 37.6. The predicted octanol–water partition coefficient (Wildman–Crippen LogP) is 29.0. The van der Waals surface area contributed by atoms with Crippen LogP contribution in [0.2, 0.25) is 0 Å². The molecule has 0 saturated heterocycles. The van der Waals surface area contributed by atoms with Gasteiger partial charge in [-0.15, -0.1) is 45.3 Å². The van der Waals surface area contributed by atoms with Crippen LogP contribution in [-0.2, 0) is 102 Å². The molecule has 0 bridgehead atoms. The third kappa shape index (κ3) is 31.0. The summed E-state index contributed by atoms with van der Waals surface area (Å²) in [6.45, 7) is 7.73. The minimum Gasteiger partial charge on any atom is -0.488 e. The first-order valence-electron chi connectivity index (χ1n) is 41.3. The fourth-order valence-corrected chi connectivity index (χ4v) is 16.7. The molecule has 5 aromatic heterocycles. The molecule has 5 N–H and O–H groups in total. The van der Waals surface area contributed by atoms with Crippen LogP contribution in [0.1, 0.15) is 183 Å². The zero-order chi connectivity index (χ0) is 102. The summed E-state index contributed by atoms with van der Waals surface area (Å²) >= 11 is 4.97. The molecule has 0 aliphatic carbocycles. The van der Waals surface area contributed by atoms with Crippen LogP contribution in [0.15, 0.2) is 184 Å². The highest BCUT2D eigenvalue weighted by Gasteiger charge is 2.40. The van der Waals surface area contributed by atoms with Crippen LogP contribution in [0, 0.1) is 28.5 Å².